The van der Waals surface area contributed by atoms with Gasteiger partial charge < -0.3 is 9.47 Å². The summed E-state index contributed by atoms with van der Waals surface area (Å²) in [6.45, 7) is 0. The van der Waals surface area contributed by atoms with Crippen molar-refractivity contribution in [1.29, 1.82) is 0 Å². The predicted octanol–water partition coefficient (Wildman–Crippen LogP) is 4.06. The first-order valence-electron chi connectivity index (χ1n) is 6.19. The van der Waals surface area contributed by atoms with Gasteiger partial charge >= 0.3 is 6.01 Å². The van der Waals surface area contributed by atoms with E-state index in [2.05, 4.69) is 9.97 Å². The highest BCUT2D eigenvalue weighted by Gasteiger charge is 2.03. The van der Waals surface area contributed by atoms with Gasteiger partial charge in [0.05, 0.1) is 0 Å². The van der Waals surface area contributed by atoms with Crippen LogP contribution in [0.4, 0.5) is 0 Å². The fourth-order valence-corrected chi connectivity index (χ4v) is 1.63. The fraction of sp³-hybridized carbons (Fsp3) is 0. The average Bonchev–Trinajstić information content (AvgIpc) is 2.50. The summed E-state index contributed by atoms with van der Waals surface area (Å²) in [5, 5.41) is 0. The molecule has 0 aliphatic heterocycles. The number of ether oxygens (including phenoxy) is 2. The lowest BCUT2D eigenvalue weighted by Gasteiger charge is -2.06. The van der Waals surface area contributed by atoms with Gasteiger partial charge in [0.2, 0.25) is 5.88 Å². The lowest BCUT2D eigenvalue weighted by Crippen LogP contribution is -1.94. The van der Waals surface area contributed by atoms with Crippen molar-refractivity contribution in [3.63, 3.8) is 0 Å². The van der Waals surface area contributed by atoms with Crippen molar-refractivity contribution in [2.75, 3.05) is 0 Å². The Bertz CT molecular complexity index is 616. The normalized spacial score (nSPS) is 10.0. The molecule has 0 saturated carbocycles. The molecule has 2 aromatic carbocycles. The molecule has 0 aliphatic carbocycles. The van der Waals surface area contributed by atoms with Crippen molar-refractivity contribution in [3.8, 4) is 23.4 Å². The van der Waals surface area contributed by atoms with Gasteiger partial charge in [-0.15, -0.1) is 0 Å². The van der Waals surface area contributed by atoms with Crippen molar-refractivity contribution in [2.45, 2.75) is 0 Å². The molecular formula is C16H12N2O2. The third-order valence-corrected chi connectivity index (χ3v) is 2.53. The van der Waals surface area contributed by atoms with Crippen molar-refractivity contribution in [2.24, 2.45) is 0 Å². The summed E-state index contributed by atoms with van der Waals surface area (Å²) in [7, 11) is 0. The molecule has 0 bridgehead atoms. The lowest BCUT2D eigenvalue weighted by molar-refractivity contribution is 0.411. The average molecular weight is 264 g/mol. The zero-order chi connectivity index (χ0) is 13.6. The number of rotatable bonds is 4. The third kappa shape index (κ3) is 3.11. The minimum atomic E-state index is 0.254. The molecule has 0 spiro atoms. The second kappa shape index (κ2) is 5.84. The summed E-state index contributed by atoms with van der Waals surface area (Å²) in [5.41, 5.74) is 0. The highest BCUT2D eigenvalue weighted by atomic mass is 16.5. The van der Waals surface area contributed by atoms with Gasteiger partial charge in [0.15, 0.2) is 0 Å². The Morgan fingerprint density at radius 1 is 0.650 bits per heavy atom. The number of hydrogen-bond acceptors (Lipinski definition) is 4. The van der Waals surface area contributed by atoms with Crippen LogP contribution in [-0.2, 0) is 0 Å². The Hall–Kier alpha value is -2.88. The van der Waals surface area contributed by atoms with E-state index >= 15 is 0 Å². The molecule has 0 atom stereocenters. The third-order valence-electron chi connectivity index (χ3n) is 2.53. The van der Waals surface area contributed by atoms with Crippen molar-refractivity contribution in [3.05, 3.63) is 72.9 Å². The zero-order valence-electron chi connectivity index (χ0n) is 10.6. The molecule has 4 heteroatoms. The SMILES string of the molecule is c1ccc(Oc2ccnc(Oc3ccccc3)n2)cc1. The molecule has 0 radical (unpaired) electrons. The van der Waals surface area contributed by atoms with Crippen LogP contribution in [0.1, 0.15) is 0 Å². The molecular weight excluding hydrogens is 252 g/mol. The monoisotopic (exact) mass is 264 g/mol. The zero-order valence-corrected chi connectivity index (χ0v) is 10.6. The maximum atomic E-state index is 5.63. The van der Waals surface area contributed by atoms with Crippen molar-refractivity contribution < 1.29 is 9.47 Å². The van der Waals surface area contributed by atoms with Crippen LogP contribution in [0.5, 0.6) is 23.4 Å². The molecule has 1 heterocycles. The number of benzene rings is 2. The second-order valence-electron chi connectivity index (χ2n) is 4.01. The number of aromatic nitrogens is 2. The minimum Gasteiger partial charge on any atom is -0.439 e. The topological polar surface area (TPSA) is 44.2 Å². The first-order chi connectivity index (χ1) is 9.90. The van der Waals surface area contributed by atoms with Gasteiger partial charge in [0, 0.05) is 12.3 Å². The quantitative estimate of drug-likeness (QED) is 0.712. The molecule has 1 aromatic heterocycles. The van der Waals surface area contributed by atoms with Crippen LogP contribution in [0.15, 0.2) is 72.9 Å². The molecule has 0 fully saturated rings. The first-order valence-corrected chi connectivity index (χ1v) is 6.19. The van der Waals surface area contributed by atoms with Gasteiger partial charge in [-0.1, -0.05) is 36.4 Å². The van der Waals surface area contributed by atoms with Crippen LogP contribution in [-0.4, -0.2) is 9.97 Å². The van der Waals surface area contributed by atoms with Crippen LogP contribution < -0.4 is 9.47 Å². The Kier molecular flexibility index (Phi) is 3.55. The lowest BCUT2D eigenvalue weighted by atomic mass is 10.3. The molecule has 98 valence electrons. The maximum absolute atomic E-state index is 5.63. The van der Waals surface area contributed by atoms with Crippen LogP contribution >= 0.6 is 0 Å². The summed E-state index contributed by atoms with van der Waals surface area (Å²) < 4.78 is 11.2. The van der Waals surface area contributed by atoms with Gasteiger partial charge in [-0.2, -0.15) is 4.98 Å². The van der Waals surface area contributed by atoms with Gasteiger partial charge in [-0.05, 0) is 24.3 Å². The largest absolute Gasteiger partial charge is 0.439 e. The summed E-state index contributed by atoms with van der Waals surface area (Å²) in [5.74, 6) is 1.85. The van der Waals surface area contributed by atoms with Crippen molar-refractivity contribution in [1.82, 2.24) is 9.97 Å². The molecule has 0 unspecified atom stereocenters. The smallest absolute Gasteiger partial charge is 0.325 e. The maximum Gasteiger partial charge on any atom is 0.325 e. The summed E-state index contributed by atoms with van der Waals surface area (Å²) in [6, 6.07) is 20.8. The van der Waals surface area contributed by atoms with Gasteiger partial charge in [0.25, 0.3) is 0 Å². The van der Waals surface area contributed by atoms with Crippen LogP contribution in [0, 0.1) is 0 Å². The highest BCUT2D eigenvalue weighted by molar-refractivity contribution is 5.28. The van der Waals surface area contributed by atoms with E-state index in [1.807, 2.05) is 60.7 Å². The molecule has 0 aliphatic rings. The van der Waals surface area contributed by atoms with Gasteiger partial charge in [-0.3, -0.25) is 0 Å². The van der Waals surface area contributed by atoms with Crippen molar-refractivity contribution >= 4 is 0 Å². The van der Waals surface area contributed by atoms with E-state index in [0.717, 1.165) is 5.75 Å². The number of nitrogens with zero attached hydrogens (tertiary/aromatic N) is 2. The van der Waals surface area contributed by atoms with E-state index in [-0.39, 0.29) is 6.01 Å². The fourth-order valence-electron chi connectivity index (χ4n) is 1.63. The molecule has 0 amide bonds. The van der Waals surface area contributed by atoms with E-state index in [1.165, 1.54) is 0 Å². The number of hydrogen-bond donors (Lipinski definition) is 0. The van der Waals surface area contributed by atoms with Gasteiger partial charge in [0.1, 0.15) is 11.5 Å². The molecule has 4 nitrogen and oxygen atoms in total. The summed E-state index contributed by atoms with van der Waals surface area (Å²) in [6.07, 6.45) is 1.60. The van der Waals surface area contributed by atoms with E-state index in [1.54, 1.807) is 12.3 Å². The molecule has 20 heavy (non-hydrogen) atoms. The van der Waals surface area contributed by atoms with Gasteiger partial charge in [-0.25, -0.2) is 4.98 Å². The predicted molar refractivity (Wildman–Crippen MR) is 75.1 cm³/mol. The van der Waals surface area contributed by atoms with E-state index in [4.69, 9.17) is 9.47 Å². The van der Waals surface area contributed by atoms with E-state index in [0.29, 0.717) is 11.6 Å². The van der Waals surface area contributed by atoms with Crippen LogP contribution in [0.3, 0.4) is 0 Å². The van der Waals surface area contributed by atoms with E-state index < -0.39 is 0 Å². The Balaban J connectivity index is 1.76. The van der Waals surface area contributed by atoms with Crippen LogP contribution in [0.2, 0.25) is 0 Å². The standard InChI is InChI=1S/C16H12N2O2/c1-3-7-13(8-4-1)19-15-11-12-17-16(18-15)20-14-9-5-2-6-10-14/h1-12H. The number of para-hydroxylation sites is 2. The first kappa shape index (κ1) is 12.2. The van der Waals surface area contributed by atoms with Crippen LogP contribution in [0.25, 0.3) is 0 Å². The molecule has 3 rings (SSSR count). The Labute approximate surface area is 116 Å². The molecule has 3 aromatic rings. The molecule has 0 saturated heterocycles. The Morgan fingerprint density at radius 3 is 1.90 bits per heavy atom. The minimum absolute atomic E-state index is 0.254. The van der Waals surface area contributed by atoms with E-state index in [9.17, 15) is 0 Å². The summed E-state index contributed by atoms with van der Waals surface area (Å²) in [4.78, 5) is 8.27. The molecule has 0 N–H and O–H groups in total. The Morgan fingerprint density at radius 2 is 1.25 bits per heavy atom. The summed E-state index contributed by atoms with van der Waals surface area (Å²) >= 11 is 0. The second-order valence-corrected chi connectivity index (χ2v) is 4.01. The highest BCUT2D eigenvalue weighted by Crippen LogP contribution is 2.22.